The molecule has 0 bridgehead atoms. The number of carbonyl (C=O) groups excluding carboxylic acids is 1. The highest BCUT2D eigenvalue weighted by atomic mass is 35.5. The molecule has 3 heterocycles. The maximum absolute atomic E-state index is 13.2. The second-order valence-corrected chi connectivity index (χ2v) is 7.23. The number of hydrogen-bond donors (Lipinski definition) is 0. The molecule has 1 aliphatic carbocycles. The van der Waals surface area contributed by atoms with E-state index in [1.165, 1.54) is 12.8 Å². The second kappa shape index (κ2) is 5.67. The summed E-state index contributed by atoms with van der Waals surface area (Å²) < 4.78 is 1.59. The van der Waals surface area contributed by atoms with Crippen molar-refractivity contribution in [3.63, 3.8) is 0 Å². The Morgan fingerprint density at radius 2 is 2.04 bits per heavy atom. The fourth-order valence-electron chi connectivity index (χ4n) is 3.58. The lowest BCUT2D eigenvalue weighted by atomic mass is 10.1. The van der Waals surface area contributed by atoms with Crippen LogP contribution in [0.1, 0.15) is 23.2 Å². The first-order chi connectivity index (χ1) is 12.6. The first-order valence-corrected chi connectivity index (χ1v) is 9.03. The molecule has 7 nitrogen and oxygen atoms in total. The minimum atomic E-state index is -0.0796. The number of pyridine rings is 1. The van der Waals surface area contributed by atoms with Crippen molar-refractivity contribution in [3.05, 3.63) is 41.0 Å². The number of amides is 1. The number of hydrogen-bond acceptors (Lipinski definition) is 5. The second-order valence-electron chi connectivity index (χ2n) is 6.79. The van der Waals surface area contributed by atoms with Crippen LogP contribution < -0.4 is 9.80 Å². The van der Waals surface area contributed by atoms with Crippen molar-refractivity contribution >= 4 is 40.0 Å². The van der Waals surface area contributed by atoms with Gasteiger partial charge >= 0.3 is 0 Å². The quantitative estimate of drug-likeness (QED) is 0.695. The molecule has 2 aromatic heterocycles. The predicted molar refractivity (Wildman–Crippen MR) is 99.8 cm³/mol. The average Bonchev–Trinajstić information content (AvgIpc) is 3.43. The van der Waals surface area contributed by atoms with Crippen LogP contribution in [0.4, 0.5) is 11.4 Å². The Kier molecular flexibility index (Phi) is 3.40. The molecule has 0 radical (unpaired) electrons. The molecule has 132 valence electrons. The molecule has 1 amide bonds. The lowest BCUT2D eigenvalue weighted by Crippen LogP contribution is -2.45. The van der Waals surface area contributed by atoms with Crippen LogP contribution in [0.2, 0.25) is 5.02 Å². The number of carbonyl (C=O) groups is 1. The van der Waals surface area contributed by atoms with Gasteiger partial charge < -0.3 is 9.80 Å². The maximum atomic E-state index is 13.2. The molecular formula is C18H17ClN6O. The predicted octanol–water partition coefficient (Wildman–Crippen LogP) is 2.65. The van der Waals surface area contributed by atoms with Crippen molar-refractivity contribution < 1.29 is 4.79 Å². The van der Waals surface area contributed by atoms with E-state index in [9.17, 15) is 4.79 Å². The lowest BCUT2D eigenvalue weighted by molar-refractivity contribution is 0.0986. The van der Waals surface area contributed by atoms with Gasteiger partial charge in [0.2, 0.25) is 0 Å². The fourth-order valence-corrected chi connectivity index (χ4v) is 3.75. The molecule has 1 saturated carbocycles. The number of aryl methyl sites for hydroxylation is 1. The molecule has 26 heavy (non-hydrogen) atoms. The molecule has 0 N–H and O–H groups in total. The van der Waals surface area contributed by atoms with Crippen LogP contribution in [0.25, 0.3) is 11.2 Å². The van der Waals surface area contributed by atoms with E-state index in [1.54, 1.807) is 24.0 Å². The summed E-state index contributed by atoms with van der Waals surface area (Å²) in [5, 5.41) is 8.69. The fraction of sp³-hybridized carbons (Fsp3) is 0.333. The van der Waals surface area contributed by atoms with Crippen LogP contribution in [0.3, 0.4) is 0 Å². The van der Waals surface area contributed by atoms with Crippen LogP contribution >= 0.6 is 11.6 Å². The molecule has 2 aliphatic rings. The highest BCUT2D eigenvalue weighted by molar-refractivity contribution is 6.31. The molecule has 1 aromatic carbocycles. The van der Waals surface area contributed by atoms with Crippen molar-refractivity contribution in [2.24, 2.45) is 7.05 Å². The van der Waals surface area contributed by atoms with Crippen molar-refractivity contribution in [1.82, 2.24) is 20.0 Å². The van der Waals surface area contributed by atoms with Gasteiger partial charge in [-0.15, -0.1) is 5.10 Å². The number of fused-ring (bicyclic) bond motifs is 2. The molecular weight excluding hydrogens is 352 g/mol. The summed E-state index contributed by atoms with van der Waals surface area (Å²) in [4.78, 5) is 21.7. The number of aromatic nitrogens is 4. The Morgan fingerprint density at radius 1 is 1.19 bits per heavy atom. The number of benzene rings is 1. The Hall–Kier alpha value is -2.67. The number of halogens is 1. The van der Waals surface area contributed by atoms with Gasteiger partial charge in [-0.1, -0.05) is 16.8 Å². The largest absolute Gasteiger partial charge is 0.365 e. The first kappa shape index (κ1) is 15.6. The smallest absolute Gasteiger partial charge is 0.260 e. The molecule has 0 atom stereocenters. The van der Waals surface area contributed by atoms with E-state index in [4.69, 9.17) is 11.6 Å². The summed E-state index contributed by atoms with van der Waals surface area (Å²) in [6, 6.07) is 8.04. The van der Waals surface area contributed by atoms with Crippen LogP contribution in [0.15, 0.2) is 30.5 Å². The average molecular weight is 369 g/mol. The van der Waals surface area contributed by atoms with E-state index >= 15 is 0 Å². The summed E-state index contributed by atoms with van der Waals surface area (Å²) in [6.07, 6.45) is 4.00. The third-order valence-corrected chi connectivity index (χ3v) is 5.26. The van der Waals surface area contributed by atoms with E-state index in [-0.39, 0.29) is 5.91 Å². The highest BCUT2D eigenvalue weighted by Crippen LogP contribution is 2.41. The van der Waals surface area contributed by atoms with Gasteiger partial charge in [0.25, 0.3) is 5.91 Å². The molecule has 0 unspecified atom stereocenters. The molecule has 0 saturated heterocycles. The van der Waals surface area contributed by atoms with Gasteiger partial charge in [0, 0.05) is 37.4 Å². The van der Waals surface area contributed by atoms with Gasteiger partial charge in [-0.25, -0.2) is 9.67 Å². The van der Waals surface area contributed by atoms with Crippen molar-refractivity contribution in [3.8, 4) is 0 Å². The summed E-state index contributed by atoms with van der Waals surface area (Å²) in [5.74, 6) is -0.0796. The maximum Gasteiger partial charge on any atom is 0.260 e. The van der Waals surface area contributed by atoms with E-state index in [0.29, 0.717) is 34.3 Å². The number of rotatable bonds is 2. The molecule has 5 rings (SSSR count). The van der Waals surface area contributed by atoms with E-state index in [2.05, 4.69) is 20.2 Å². The minimum absolute atomic E-state index is 0.0796. The highest BCUT2D eigenvalue weighted by Gasteiger charge is 2.36. The van der Waals surface area contributed by atoms with Crippen LogP contribution in [-0.2, 0) is 7.05 Å². The van der Waals surface area contributed by atoms with Gasteiger partial charge in [0.05, 0.1) is 16.9 Å². The van der Waals surface area contributed by atoms with Crippen LogP contribution in [-0.4, -0.2) is 45.0 Å². The Labute approximate surface area is 155 Å². The SMILES string of the molecule is Cn1nnc2cc(C(=O)N3CCN(C4CC4)c4cc(Cl)ccc43)cnc21. The number of anilines is 2. The first-order valence-electron chi connectivity index (χ1n) is 8.65. The van der Waals surface area contributed by atoms with Gasteiger partial charge in [-0.05, 0) is 37.1 Å². The Balaban J connectivity index is 1.54. The van der Waals surface area contributed by atoms with Crippen molar-refractivity contribution in [2.75, 3.05) is 22.9 Å². The molecule has 3 aromatic rings. The molecule has 0 spiro atoms. The van der Waals surface area contributed by atoms with Crippen molar-refractivity contribution in [1.29, 1.82) is 0 Å². The summed E-state index contributed by atoms with van der Waals surface area (Å²) in [6.45, 7) is 1.45. The summed E-state index contributed by atoms with van der Waals surface area (Å²) in [7, 11) is 1.78. The van der Waals surface area contributed by atoms with Crippen LogP contribution in [0.5, 0.6) is 0 Å². The van der Waals surface area contributed by atoms with E-state index in [0.717, 1.165) is 17.9 Å². The van der Waals surface area contributed by atoms with Gasteiger partial charge in [-0.3, -0.25) is 4.79 Å². The van der Waals surface area contributed by atoms with Crippen molar-refractivity contribution in [2.45, 2.75) is 18.9 Å². The van der Waals surface area contributed by atoms with Gasteiger partial charge in [0.1, 0.15) is 5.52 Å². The number of nitrogens with zero attached hydrogens (tertiary/aromatic N) is 6. The zero-order chi connectivity index (χ0) is 17.8. The topological polar surface area (TPSA) is 67.2 Å². The molecule has 1 aliphatic heterocycles. The van der Waals surface area contributed by atoms with E-state index < -0.39 is 0 Å². The van der Waals surface area contributed by atoms with Gasteiger partial charge in [-0.2, -0.15) is 0 Å². The standard InChI is InChI=1S/C18H17ClN6O/c1-23-17-14(21-22-23)8-11(10-20-17)18(26)25-7-6-24(13-3-4-13)16-9-12(19)2-5-15(16)25/h2,5,8-10,13H,3-4,6-7H2,1H3. The Bertz CT molecular complexity index is 1030. The molecule has 1 fully saturated rings. The lowest BCUT2D eigenvalue weighted by Gasteiger charge is -2.38. The monoisotopic (exact) mass is 368 g/mol. The summed E-state index contributed by atoms with van der Waals surface area (Å²) in [5.41, 5.74) is 3.72. The molecule has 8 heteroatoms. The van der Waals surface area contributed by atoms with E-state index in [1.807, 2.05) is 23.1 Å². The Morgan fingerprint density at radius 3 is 2.85 bits per heavy atom. The summed E-state index contributed by atoms with van der Waals surface area (Å²) >= 11 is 6.22. The minimum Gasteiger partial charge on any atom is -0.365 e. The third-order valence-electron chi connectivity index (χ3n) is 5.02. The van der Waals surface area contributed by atoms with Gasteiger partial charge in [0.15, 0.2) is 5.65 Å². The normalized spacial score (nSPS) is 16.8. The van der Waals surface area contributed by atoms with Crippen LogP contribution in [0, 0.1) is 0 Å². The third kappa shape index (κ3) is 2.42. The zero-order valence-electron chi connectivity index (χ0n) is 14.3. The zero-order valence-corrected chi connectivity index (χ0v) is 15.0.